The molecule has 7 heteroatoms. The van der Waals surface area contributed by atoms with Gasteiger partial charge in [0.1, 0.15) is 11.6 Å². The highest BCUT2D eigenvalue weighted by molar-refractivity contribution is 7.99. The minimum absolute atomic E-state index is 0.163. The predicted octanol–water partition coefficient (Wildman–Crippen LogP) is 5.18. The molecule has 4 rings (SSSR count). The summed E-state index contributed by atoms with van der Waals surface area (Å²) in [5.74, 6) is 1.09. The highest BCUT2D eigenvalue weighted by Crippen LogP contribution is 2.34. The van der Waals surface area contributed by atoms with E-state index < -0.39 is 0 Å². The van der Waals surface area contributed by atoms with Crippen LogP contribution in [0, 0.1) is 5.82 Å². The zero-order valence-corrected chi connectivity index (χ0v) is 16.9. The molecule has 0 unspecified atom stereocenters. The molecule has 150 valence electrons. The molecule has 3 aromatic rings. The van der Waals surface area contributed by atoms with E-state index in [1.54, 1.807) is 12.1 Å². The number of nitrogens with zero attached hydrogens (tertiary/aromatic N) is 3. The Morgan fingerprint density at radius 2 is 1.76 bits per heavy atom. The van der Waals surface area contributed by atoms with Crippen molar-refractivity contribution in [2.24, 2.45) is 0 Å². The fraction of sp³-hybridized carbons (Fsp3) is 0.318. The lowest BCUT2D eigenvalue weighted by atomic mass is 9.88. The number of para-hydroxylation sites is 1. The maximum absolute atomic E-state index is 13.0. The van der Waals surface area contributed by atoms with Crippen molar-refractivity contribution < 1.29 is 9.18 Å². The van der Waals surface area contributed by atoms with Crippen LogP contribution in [0.5, 0.6) is 0 Å². The van der Waals surface area contributed by atoms with E-state index in [-0.39, 0.29) is 17.5 Å². The van der Waals surface area contributed by atoms with Gasteiger partial charge in [0.2, 0.25) is 5.91 Å². The van der Waals surface area contributed by atoms with Gasteiger partial charge in [-0.25, -0.2) is 4.39 Å². The van der Waals surface area contributed by atoms with E-state index >= 15 is 0 Å². The molecule has 1 heterocycles. The highest BCUT2D eigenvalue weighted by atomic mass is 32.2. The van der Waals surface area contributed by atoms with Crippen molar-refractivity contribution >= 4 is 23.4 Å². The van der Waals surface area contributed by atoms with Gasteiger partial charge in [-0.3, -0.25) is 9.36 Å². The number of anilines is 1. The molecule has 0 spiro atoms. The molecule has 1 saturated carbocycles. The van der Waals surface area contributed by atoms with Crippen LogP contribution in [0.2, 0.25) is 0 Å². The minimum atomic E-state index is -0.330. The van der Waals surface area contributed by atoms with E-state index in [1.165, 1.54) is 43.2 Å². The summed E-state index contributed by atoms with van der Waals surface area (Å²) >= 11 is 1.36. The minimum Gasteiger partial charge on any atom is -0.325 e. The maximum Gasteiger partial charge on any atom is 0.234 e. The van der Waals surface area contributed by atoms with Gasteiger partial charge in [-0.15, -0.1) is 10.2 Å². The molecular formula is C22H23FN4OS. The van der Waals surface area contributed by atoms with Gasteiger partial charge >= 0.3 is 0 Å². The first-order valence-electron chi connectivity index (χ1n) is 9.89. The summed E-state index contributed by atoms with van der Waals surface area (Å²) in [6, 6.07) is 15.8. The number of hydrogen-bond donors (Lipinski definition) is 1. The summed E-state index contributed by atoms with van der Waals surface area (Å²) in [4.78, 5) is 12.3. The average molecular weight is 411 g/mol. The van der Waals surface area contributed by atoms with Gasteiger partial charge in [0.15, 0.2) is 5.16 Å². The summed E-state index contributed by atoms with van der Waals surface area (Å²) < 4.78 is 15.1. The Morgan fingerprint density at radius 1 is 1.03 bits per heavy atom. The van der Waals surface area contributed by atoms with Gasteiger partial charge in [0.25, 0.3) is 0 Å². The Morgan fingerprint density at radius 3 is 2.48 bits per heavy atom. The number of carbonyl (C=O) groups is 1. The van der Waals surface area contributed by atoms with Crippen molar-refractivity contribution in [2.75, 3.05) is 11.1 Å². The van der Waals surface area contributed by atoms with Crippen LogP contribution in [0.4, 0.5) is 10.1 Å². The molecule has 29 heavy (non-hydrogen) atoms. The lowest BCUT2D eigenvalue weighted by Crippen LogP contribution is -2.15. The van der Waals surface area contributed by atoms with Crippen molar-refractivity contribution in [3.63, 3.8) is 0 Å². The van der Waals surface area contributed by atoms with Crippen LogP contribution in [0.15, 0.2) is 59.8 Å². The summed E-state index contributed by atoms with van der Waals surface area (Å²) in [5.41, 5.74) is 1.59. The predicted molar refractivity (Wildman–Crippen MR) is 113 cm³/mol. The van der Waals surface area contributed by atoms with E-state index in [0.717, 1.165) is 24.4 Å². The fourth-order valence-electron chi connectivity index (χ4n) is 3.68. The monoisotopic (exact) mass is 410 g/mol. The number of hydrogen-bond acceptors (Lipinski definition) is 4. The van der Waals surface area contributed by atoms with Crippen LogP contribution >= 0.6 is 11.8 Å². The number of aromatic nitrogens is 3. The molecule has 1 aromatic heterocycles. The molecule has 0 aliphatic heterocycles. The molecule has 0 radical (unpaired) electrons. The van der Waals surface area contributed by atoms with Crippen LogP contribution in [0.25, 0.3) is 5.69 Å². The first-order chi connectivity index (χ1) is 14.2. The van der Waals surface area contributed by atoms with Crippen molar-refractivity contribution in [3.05, 3.63) is 66.2 Å². The number of benzene rings is 2. The third-order valence-electron chi connectivity index (χ3n) is 5.10. The number of rotatable bonds is 6. The van der Waals surface area contributed by atoms with Gasteiger partial charge in [-0.05, 0) is 49.2 Å². The van der Waals surface area contributed by atoms with Gasteiger partial charge in [0.05, 0.1) is 5.75 Å². The van der Waals surface area contributed by atoms with Gasteiger partial charge in [-0.2, -0.15) is 0 Å². The number of thioether (sulfide) groups is 1. The second-order valence-corrected chi connectivity index (χ2v) is 8.13. The Labute approximate surface area is 173 Å². The standard InChI is InChI=1S/C22H23FN4OS/c23-17-11-13-18(14-12-17)24-20(28)15-29-22-26-25-21(16-7-3-1-4-8-16)27(22)19-9-5-2-6-10-19/h2,5-6,9-14,16H,1,3-4,7-8,15H2,(H,24,28). The number of carbonyl (C=O) groups excluding carboxylic acids is 1. The molecule has 1 aliphatic carbocycles. The molecular weight excluding hydrogens is 387 g/mol. The lowest BCUT2D eigenvalue weighted by Gasteiger charge is -2.22. The second kappa shape index (κ2) is 9.22. The molecule has 1 aliphatic rings. The van der Waals surface area contributed by atoms with Crippen molar-refractivity contribution in [1.82, 2.24) is 14.8 Å². The number of halogens is 1. The second-order valence-electron chi connectivity index (χ2n) is 7.19. The van der Waals surface area contributed by atoms with E-state index in [4.69, 9.17) is 0 Å². The van der Waals surface area contributed by atoms with Crippen LogP contribution in [-0.4, -0.2) is 26.4 Å². The summed E-state index contributed by atoms with van der Waals surface area (Å²) in [6.07, 6.45) is 5.96. The summed E-state index contributed by atoms with van der Waals surface area (Å²) in [7, 11) is 0. The normalized spacial score (nSPS) is 14.7. The van der Waals surface area contributed by atoms with Crippen LogP contribution in [0.3, 0.4) is 0 Å². The third-order valence-corrected chi connectivity index (χ3v) is 6.03. The van der Waals surface area contributed by atoms with Gasteiger partial charge in [0, 0.05) is 17.3 Å². The number of nitrogens with one attached hydrogen (secondary N) is 1. The molecule has 5 nitrogen and oxygen atoms in total. The van der Waals surface area contributed by atoms with E-state index in [2.05, 4.69) is 20.1 Å². The lowest BCUT2D eigenvalue weighted by molar-refractivity contribution is -0.113. The van der Waals surface area contributed by atoms with Gasteiger partial charge in [-0.1, -0.05) is 49.2 Å². The van der Waals surface area contributed by atoms with Crippen molar-refractivity contribution in [3.8, 4) is 5.69 Å². The molecule has 2 aromatic carbocycles. The molecule has 1 N–H and O–H groups in total. The van der Waals surface area contributed by atoms with E-state index in [0.29, 0.717) is 16.8 Å². The highest BCUT2D eigenvalue weighted by Gasteiger charge is 2.24. The molecule has 1 fully saturated rings. The zero-order valence-electron chi connectivity index (χ0n) is 16.1. The fourth-order valence-corrected chi connectivity index (χ4v) is 4.44. The molecule has 0 atom stereocenters. The molecule has 1 amide bonds. The average Bonchev–Trinajstić information content (AvgIpc) is 3.19. The Balaban J connectivity index is 1.51. The Hall–Kier alpha value is -2.67. The van der Waals surface area contributed by atoms with Gasteiger partial charge < -0.3 is 5.32 Å². The quantitative estimate of drug-likeness (QED) is 0.569. The first kappa shape index (κ1) is 19.6. The Bertz CT molecular complexity index is 953. The van der Waals surface area contributed by atoms with Crippen LogP contribution in [0.1, 0.15) is 43.8 Å². The zero-order chi connectivity index (χ0) is 20.1. The number of amides is 1. The van der Waals surface area contributed by atoms with Crippen LogP contribution < -0.4 is 5.32 Å². The van der Waals surface area contributed by atoms with E-state index in [1.807, 2.05) is 30.3 Å². The smallest absolute Gasteiger partial charge is 0.234 e. The third kappa shape index (κ3) is 4.85. The molecule has 0 saturated heterocycles. The summed E-state index contributed by atoms with van der Waals surface area (Å²) in [6.45, 7) is 0. The topological polar surface area (TPSA) is 59.8 Å². The SMILES string of the molecule is O=C(CSc1nnc(C2CCCCC2)n1-c1ccccc1)Nc1ccc(F)cc1. The summed E-state index contributed by atoms with van der Waals surface area (Å²) in [5, 5.41) is 12.4. The largest absolute Gasteiger partial charge is 0.325 e. The van der Waals surface area contributed by atoms with Crippen LogP contribution in [-0.2, 0) is 4.79 Å². The first-order valence-corrected chi connectivity index (χ1v) is 10.9. The van der Waals surface area contributed by atoms with E-state index in [9.17, 15) is 9.18 Å². The molecule has 0 bridgehead atoms. The maximum atomic E-state index is 13.0. The van der Waals surface area contributed by atoms with Crippen molar-refractivity contribution in [1.29, 1.82) is 0 Å². The Kier molecular flexibility index (Phi) is 6.24. The van der Waals surface area contributed by atoms with Crippen molar-refractivity contribution in [2.45, 2.75) is 43.2 Å².